The smallest absolute Gasteiger partial charge is 0.283 e. The molecule has 4 rings (SSSR count). The van der Waals surface area contributed by atoms with E-state index in [9.17, 15) is 4.79 Å². The Morgan fingerprint density at radius 3 is 2.61 bits per heavy atom. The van der Waals surface area contributed by atoms with E-state index in [4.69, 9.17) is 21.1 Å². The van der Waals surface area contributed by atoms with E-state index in [0.717, 1.165) is 5.56 Å². The Balaban J connectivity index is 1.77. The normalized spacial score (nSPS) is 11.0. The van der Waals surface area contributed by atoms with Crippen molar-refractivity contribution in [2.75, 3.05) is 14.2 Å². The third kappa shape index (κ3) is 3.07. The molecule has 0 aliphatic rings. The van der Waals surface area contributed by atoms with Gasteiger partial charge in [-0.25, -0.2) is 4.98 Å². The van der Waals surface area contributed by atoms with Gasteiger partial charge >= 0.3 is 0 Å². The van der Waals surface area contributed by atoms with Gasteiger partial charge in [0.2, 0.25) is 0 Å². The van der Waals surface area contributed by atoms with E-state index < -0.39 is 0 Å². The van der Waals surface area contributed by atoms with Crippen molar-refractivity contribution >= 4 is 22.8 Å². The zero-order valence-corrected chi connectivity index (χ0v) is 15.9. The monoisotopic (exact) mass is 397 g/mol. The molecule has 8 nitrogen and oxygen atoms in total. The standard InChI is InChI=1S/C19H16ClN5O3/c1-27-15-8-7-13(9-16(15)28-2)25-18-17(22-23-25)19(26)24(11-21-18)10-12-5-3-4-6-14(12)20/h3-9,11H,10H2,1-2H3. The van der Waals surface area contributed by atoms with Crippen LogP contribution in [0.1, 0.15) is 5.56 Å². The Bertz CT molecular complexity index is 1220. The van der Waals surface area contributed by atoms with Crippen LogP contribution in [0.3, 0.4) is 0 Å². The molecule has 0 aliphatic carbocycles. The van der Waals surface area contributed by atoms with Gasteiger partial charge < -0.3 is 9.47 Å². The fraction of sp³-hybridized carbons (Fsp3) is 0.158. The summed E-state index contributed by atoms with van der Waals surface area (Å²) in [5.41, 5.74) is 1.70. The molecule has 2 aromatic carbocycles. The first-order valence-corrected chi connectivity index (χ1v) is 8.77. The fourth-order valence-electron chi connectivity index (χ4n) is 2.90. The van der Waals surface area contributed by atoms with Crippen molar-refractivity contribution in [3.63, 3.8) is 0 Å². The van der Waals surface area contributed by atoms with Crippen LogP contribution < -0.4 is 15.0 Å². The second-order valence-corrected chi connectivity index (χ2v) is 6.39. The molecule has 0 saturated carbocycles. The minimum Gasteiger partial charge on any atom is -0.493 e. The van der Waals surface area contributed by atoms with E-state index >= 15 is 0 Å². The molecule has 0 unspecified atom stereocenters. The Kier molecular flexibility index (Phi) is 4.70. The molecule has 28 heavy (non-hydrogen) atoms. The third-order valence-electron chi connectivity index (χ3n) is 4.34. The van der Waals surface area contributed by atoms with Crippen LogP contribution in [-0.2, 0) is 6.54 Å². The molecule has 0 amide bonds. The van der Waals surface area contributed by atoms with Crippen molar-refractivity contribution in [1.82, 2.24) is 24.5 Å². The summed E-state index contributed by atoms with van der Waals surface area (Å²) in [6.45, 7) is 0.296. The average molecular weight is 398 g/mol. The van der Waals surface area contributed by atoms with E-state index in [1.807, 2.05) is 18.2 Å². The molecule has 9 heteroatoms. The number of halogens is 1. The van der Waals surface area contributed by atoms with Crippen molar-refractivity contribution in [3.8, 4) is 17.2 Å². The molecule has 0 fully saturated rings. The Morgan fingerprint density at radius 2 is 1.86 bits per heavy atom. The van der Waals surface area contributed by atoms with Gasteiger partial charge in [0.25, 0.3) is 5.56 Å². The lowest BCUT2D eigenvalue weighted by Gasteiger charge is -2.10. The number of benzene rings is 2. The first kappa shape index (κ1) is 18.0. The number of ether oxygens (including phenoxy) is 2. The first-order valence-electron chi connectivity index (χ1n) is 8.39. The van der Waals surface area contributed by atoms with Gasteiger partial charge in [-0.2, -0.15) is 4.68 Å². The maximum atomic E-state index is 12.8. The van der Waals surface area contributed by atoms with Crippen LogP contribution in [0, 0.1) is 0 Å². The van der Waals surface area contributed by atoms with Crippen LogP contribution in [0.5, 0.6) is 11.5 Å². The number of aromatic nitrogens is 5. The molecular formula is C19H16ClN5O3. The predicted octanol–water partition coefficient (Wildman–Crippen LogP) is 2.70. The number of methoxy groups -OCH3 is 2. The highest BCUT2D eigenvalue weighted by Gasteiger charge is 2.15. The molecule has 0 aliphatic heterocycles. The molecular weight excluding hydrogens is 382 g/mol. The fourth-order valence-corrected chi connectivity index (χ4v) is 3.09. The van der Waals surface area contributed by atoms with E-state index in [0.29, 0.717) is 34.4 Å². The van der Waals surface area contributed by atoms with Gasteiger partial charge in [0.1, 0.15) is 6.33 Å². The van der Waals surface area contributed by atoms with Gasteiger partial charge in [0.15, 0.2) is 22.7 Å². The Morgan fingerprint density at radius 1 is 1.07 bits per heavy atom. The summed E-state index contributed by atoms with van der Waals surface area (Å²) in [6.07, 6.45) is 1.47. The van der Waals surface area contributed by atoms with Crippen LogP contribution in [0.2, 0.25) is 5.02 Å². The van der Waals surface area contributed by atoms with E-state index in [1.165, 1.54) is 15.6 Å². The van der Waals surface area contributed by atoms with Crippen LogP contribution in [0.15, 0.2) is 53.6 Å². The molecule has 0 radical (unpaired) electrons. The molecule has 0 spiro atoms. The SMILES string of the molecule is COc1ccc(-n2nnc3c(=O)n(Cc4ccccc4Cl)cnc32)cc1OC. The van der Waals surface area contributed by atoms with Crippen molar-refractivity contribution in [3.05, 3.63) is 69.7 Å². The van der Waals surface area contributed by atoms with Crippen LogP contribution in [-0.4, -0.2) is 38.8 Å². The Hall–Kier alpha value is -3.39. The molecule has 2 aromatic heterocycles. The number of hydrogen-bond acceptors (Lipinski definition) is 6. The molecule has 2 heterocycles. The second-order valence-electron chi connectivity index (χ2n) is 5.98. The van der Waals surface area contributed by atoms with Crippen molar-refractivity contribution < 1.29 is 9.47 Å². The maximum Gasteiger partial charge on any atom is 0.283 e. The second kappa shape index (κ2) is 7.32. The van der Waals surface area contributed by atoms with Gasteiger partial charge in [0.05, 0.1) is 26.5 Å². The lowest BCUT2D eigenvalue weighted by molar-refractivity contribution is 0.355. The highest BCUT2D eigenvalue weighted by molar-refractivity contribution is 6.31. The molecule has 0 N–H and O–H groups in total. The molecule has 0 atom stereocenters. The maximum absolute atomic E-state index is 12.8. The van der Waals surface area contributed by atoms with Crippen LogP contribution >= 0.6 is 11.6 Å². The topological polar surface area (TPSA) is 84.1 Å². The van der Waals surface area contributed by atoms with Crippen molar-refractivity contribution in [2.24, 2.45) is 0 Å². The minimum atomic E-state index is -0.295. The number of rotatable bonds is 5. The van der Waals surface area contributed by atoms with Crippen molar-refractivity contribution in [1.29, 1.82) is 0 Å². The summed E-state index contributed by atoms with van der Waals surface area (Å²) >= 11 is 6.19. The lowest BCUT2D eigenvalue weighted by Crippen LogP contribution is -2.21. The van der Waals surface area contributed by atoms with Crippen LogP contribution in [0.4, 0.5) is 0 Å². The summed E-state index contributed by atoms with van der Waals surface area (Å²) in [5.74, 6) is 1.13. The third-order valence-corrected chi connectivity index (χ3v) is 4.71. The van der Waals surface area contributed by atoms with E-state index in [-0.39, 0.29) is 11.1 Å². The molecule has 142 valence electrons. The molecule has 4 aromatic rings. The van der Waals surface area contributed by atoms with Crippen molar-refractivity contribution in [2.45, 2.75) is 6.54 Å². The molecule has 0 bridgehead atoms. The average Bonchev–Trinajstić information content (AvgIpc) is 3.16. The largest absolute Gasteiger partial charge is 0.493 e. The van der Waals surface area contributed by atoms with E-state index in [1.54, 1.807) is 38.5 Å². The summed E-state index contributed by atoms with van der Waals surface area (Å²) < 4.78 is 13.5. The molecule has 0 saturated heterocycles. The summed E-state index contributed by atoms with van der Waals surface area (Å²) in [5, 5.41) is 8.71. The number of hydrogen-bond donors (Lipinski definition) is 0. The predicted molar refractivity (Wildman–Crippen MR) is 105 cm³/mol. The van der Waals surface area contributed by atoms with E-state index in [2.05, 4.69) is 15.3 Å². The zero-order valence-electron chi connectivity index (χ0n) is 15.2. The summed E-state index contributed by atoms with van der Waals surface area (Å²) in [6, 6.07) is 12.6. The Labute approximate surface area is 164 Å². The minimum absolute atomic E-state index is 0.171. The van der Waals surface area contributed by atoms with Gasteiger partial charge in [-0.15, -0.1) is 5.10 Å². The lowest BCUT2D eigenvalue weighted by atomic mass is 10.2. The van der Waals surface area contributed by atoms with Crippen LogP contribution in [0.25, 0.3) is 16.9 Å². The first-order chi connectivity index (χ1) is 13.6. The van der Waals surface area contributed by atoms with Gasteiger partial charge in [-0.05, 0) is 23.8 Å². The quantitative estimate of drug-likeness (QED) is 0.515. The highest BCUT2D eigenvalue weighted by Crippen LogP contribution is 2.29. The number of nitrogens with zero attached hydrogens (tertiary/aromatic N) is 5. The number of fused-ring (bicyclic) bond motifs is 1. The summed E-state index contributed by atoms with van der Waals surface area (Å²) in [7, 11) is 3.11. The van der Waals surface area contributed by atoms with Gasteiger partial charge in [-0.1, -0.05) is 35.0 Å². The zero-order chi connectivity index (χ0) is 19.7. The summed E-state index contributed by atoms with van der Waals surface area (Å²) in [4.78, 5) is 17.2. The van der Waals surface area contributed by atoms with Gasteiger partial charge in [0, 0.05) is 11.1 Å². The van der Waals surface area contributed by atoms with Gasteiger partial charge in [-0.3, -0.25) is 9.36 Å². The highest BCUT2D eigenvalue weighted by atomic mass is 35.5.